The Balaban J connectivity index is 2.19. The highest BCUT2D eigenvalue weighted by molar-refractivity contribution is 6.09. The van der Waals surface area contributed by atoms with Gasteiger partial charge in [-0.15, -0.1) is 0 Å². The van der Waals surface area contributed by atoms with E-state index >= 15 is 0 Å². The van der Waals surface area contributed by atoms with E-state index in [9.17, 15) is 0 Å². The van der Waals surface area contributed by atoms with Crippen LogP contribution in [-0.4, -0.2) is 14.5 Å². The molecule has 0 amide bonds. The van der Waals surface area contributed by atoms with Crippen molar-refractivity contribution >= 4 is 21.8 Å². The normalized spacial score (nSPS) is 11.4. The summed E-state index contributed by atoms with van der Waals surface area (Å²) < 4.78 is 2.23. The number of rotatable bonds is 1. The molecule has 108 valence electrons. The first-order chi connectivity index (χ1) is 10.6. The van der Waals surface area contributed by atoms with Crippen LogP contribution in [0.3, 0.4) is 0 Å². The molecule has 0 aliphatic carbocycles. The van der Waals surface area contributed by atoms with E-state index < -0.39 is 0 Å². The Morgan fingerprint density at radius 3 is 2.36 bits per heavy atom. The summed E-state index contributed by atoms with van der Waals surface area (Å²) in [6.07, 6.45) is 0. The Bertz CT molecular complexity index is 992. The highest BCUT2D eigenvalue weighted by Gasteiger charge is 2.13. The average molecular weight is 287 g/mol. The Morgan fingerprint density at radius 1 is 0.773 bits per heavy atom. The molecule has 3 heteroatoms. The van der Waals surface area contributed by atoms with Crippen molar-refractivity contribution < 1.29 is 0 Å². The van der Waals surface area contributed by atoms with Gasteiger partial charge in [0.25, 0.3) is 0 Å². The molecule has 0 fully saturated rings. The summed E-state index contributed by atoms with van der Waals surface area (Å²) >= 11 is 0. The Kier molecular flexibility index (Phi) is 2.76. The third-order valence-electron chi connectivity index (χ3n) is 4.01. The van der Waals surface area contributed by atoms with Gasteiger partial charge in [0, 0.05) is 22.5 Å². The second-order valence-corrected chi connectivity index (χ2v) is 5.79. The molecule has 0 radical (unpaired) electrons. The molecule has 0 unspecified atom stereocenters. The number of aromatic nitrogens is 3. The summed E-state index contributed by atoms with van der Waals surface area (Å²) in [5, 5.41) is 2.53. The lowest BCUT2D eigenvalue weighted by Gasteiger charge is -2.08. The Morgan fingerprint density at radius 2 is 1.55 bits per heavy atom. The van der Waals surface area contributed by atoms with Crippen LogP contribution in [0.5, 0.6) is 0 Å². The predicted molar refractivity (Wildman–Crippen MR) is 90.6 cm³/mol. The van der Waals surface area contributed by atoms with Gasteiger partial charge in [-0.2, -0.15) is 0 Å². The van der Waals surface area contributed by atoms with Crippen molar-refractivity contribution in [3.63, 3.8) is 0 Å². The van der Waals surface area contributed by atoms with Crippen molar-refractivity contribution in [3.05, 3.63) is 65.6 Å². The molecule has 4 rings (SSSR count). The Hall–Kier alpha value is -2.68. The number of hydrogen-bond donors (Lipinski definition) is 0. The zero-order valence-corrected chi connectivity index (χ0v) is 13.0. The minimum atomic E-state index is 0.799. The van der Waals surface area contributed by atoms with Crippen LogP contribution < -0.4 is 0 Å². The van der Waals surface area contributed by atoms with Crippen LogP contribution in [0.25, 0.3) is 27.6 Å². The molecule has 0 saturated heterocycles. The summed E-state index contributed by atoms with van der Waals surface area (Å²) in [7, 11) is 0. The monoisotopic (exact) mass is 287 g/mol. The molecule has 3 nitrogen and oxygen atoms in total. The van der Waals surface area contributed by atoms with E-state index in [0.29, 0.717) is 0 Å². The summed E-state index contributed by atoms with van der Waals surface area (Å²) in [6, 6.07) is 17.1. The van der Waals surface area contributed by atoms with Crippen molar-refractivity contribution in [1.29, 1.82) is 0 Å². The van der Waals surface area contributed by atoms with Gasteiger partial charge >= 0.3 is 0 Å². The lowest BCUT2D eigenvalue weighted by atomic mass is 10.1. The van der Waals surface area contributed by atoms with Crippen LogP contribution in [0.1, 0.15) is 17.1 Å². The number of fused-ring (bicyclic) bond motifs is 3. The maximum Gasteiger partial charge on any atom is 0.141 e. The fourth-order valence-electron chi connectivity index (χ4n) is 3.15. The number of aryl methyl sites for hydroxylation is 3. The minimum Gasteiger partial charge on any atom is -0.294 e. The molecule has 4 aromatic rings. The van der Waals surface area contributed by atoms with Gasteiger partial charge in [0.15, 0.2) is 0 Å². The fraction of sp³-hybridized carbons (Fsp3) is 0.158. The van der Waals surface area contributed by atoms with Gasteiger partial charge in [-0.1, -0.05) is 29.8 Å². The summed E-state index contributed by atoms with van der Waals surface area (Å²) in [5.74, 6) is 1.73. The molecule has 2 heterocycles. The highest BCUT2D eigenvalue weighted by Crippen LogP contribution is 2.31. The lowest BCUT2D eigenvalue weighted by molar-refractivity contribution is 0.955. The molecule has 2 aromatic heterocycles. The lowest BCUT2D eigenvalue weighted by Crippen LogP contribution is -2.01. The summed E-state index contributed by atoms with van der Waals surface area (Å²) in [5.41, 5.74) is 4.62. The van der Waals surface area contributed by atoms with Crippen molar-refractivity contribution in [2.75, 3.05) is 0 Å². The van der Waals surface area contributed by atoms with E-state index in [1.165, 1.54) is 27.4 Å². The molecule has 0 N–H and O–H groups in total. The maximum absolute atomic E-state index is 4.65. The van der Waals surface area contributed by atoms with E-state index in [-0.39, 0.29) is 0 Å². The van der Waals surface area contributed by atoms with Gasteiger partial charge in [0.1, 0.15) is 11.6 Å². The van der Waals surface area contributed by atoms with E-state index in [1.807, 2.05) is 19.9 Å². The zero-order chi connectivity index (χ0) is 15.3. The predicted octanol–water partition coefficient (Wildman–Crippen LogP) is 4.50. The number of para-hydroxylation sites is 1. The van der Waals surface area contributed by atoms with Crippen LogP contribution in [0.15, 0.2) is 48.5 Å². The van der Waals surface area contributed by atoms with Gasteiger partial charge in [-0.05, 0) is 39.0 Å². The van der Waals surface area contributed by atoms with Crippen molar-refractivity contribution in [2.45, 2.75) is 20.8 Å². The smallest absolute Gasteiger partial charge is 0.141 e. The van der Waals surface area contributed by atoms with E-state index in [1.54, 1.807) is 0 Å². The number of hydrogen-bond acceptors (Lipinski definition) is 2. The van der Waals surface area contributed by atoms with Gasteiger partial charge < -0.3 is 0 Å². The molecule has 0 aliphatic rings. The first-order valence-electron chi connectivity index (χ1n) is 7.46. The maximum atomic E-state index is 4.65. The van der Waals surface area contributed by atoms with E-state index in [2.05, 4.69) is 63.9 Å². The molecular formula is C19H17N3. The topological polar surface area (TPSA) is 30.7 Å². The highest BCUT2D eigenvalue weighted by atomic mass is 15.1. The molecule has 0 aliphatic heterocycles. The molecule has 2 aromatic carbocycles. The molecule has 0 spiro atoms. The van der Waals surface area contributed by atoms with Crippen LogP contribution in [0.4, 0.5) is 0 Å². The first kappa shape index (κ1) is 13.0. The number of nitrogens with zero attached hydrogens (tertiary/aromatic N) is 3. The SMILES string of the molecule is Cc1ccc2c(c1)c1ccccc1n2-c1cc(C)nc(C)n1. The minimum absolute atomic E-state index is 0.799. The van der Waals surface area contributed by atoms with Crippen LogP contribution in [0.2, 0.25) is 0 Å². The van der Waals surface area contributed by atoms with Gasteiger partial charge in [-0.3, -0.25) is 4.57 Å². The Labute approximate surface area is 129 Å². The van der Waals surface area contributed by atoms with Gasteiger partial charge in [0.05, 0.1) is 11.0 Å². The van der Waals surface area contributed by atoms with Crippen LogP contribution >= 0.6 is 0 Å². The molecular weight excluding hydrogens is 270 g/mol. The third-order valence-corrected chi connectivity index (χ3v) is 4.01. The number of benzene rings is 2. The molecule has 22 heavy (non-hydrogen) atoms. The standard InChI is InChI=1S/C19H17N3/c1-12-8-9-18-16(10-12)15-6-4-5-7-17(15)22(18)19-11-13(2)20-14(3)21-19/h4-11H,1-3H3. The quantitative estimate of drug-likeness (QED) is 0.516. The molecule has 0 bridgehead atoms. The second-order valence-electron chi connectivity index (χ2n) is 5.79. The van der Waals surface area contributed by atoms with Crippen molar-refractivity contribution in [1.82, 2.24) is 14.5 Å². The van der Waals surface area contributed by atoms with Crippen LogP contribution in [0, 0.1) is 20.8 Å². The molecule has 0 atom stereocenters. The molecule has 0 saturated carbocycles. The van der Waals surface area contributed by atoms with E-state index in [4.69, 9.17) is 0 Å². The largest absolute Gasteiger partial charge is 0.294 e. The van der Waals surface area contributed by atoms with Crippen LogP contribution in [-0.2, 0) is 0 Å². The van der Waals surface area contributed by atoms with Crippen molar-refractivity contribution in [2.24, 2.45) is 0 Å². The fourth-order valence-corrected chi connectivity index (χ4v) is 3.15. The summed E-state index contributed by atoms with van der Waals surface area (Å²) in [6.45, 7) is 6.08. The zero-order valence-electron chi connectivity index (χ0n) is 13.0. The van der Waals surface area contributed by atoms with E-state index in [0.717, 1.165) is 17.3 Å². The van der Waals surface area contributed by atoms with Gasteiger partial charge in [0.2, 0.25) is 0 Å². The second kappa shape index (κ2) is 4.67. The average Bonchev–Trinajstić information content (AvgIpc) is 2.80. The van der Waals surface area contributed by atoms with Crippen molar-refractivity contribution in [3.8, 4) is 5.82 Å². The van der Waals surface area contributed by atoms with Gasteiger partial charge in [-0.25, -0.2) is 9.97 Å². The third kappa shape index (κ3) is 1.90. The first-order valence-corrected chi connectivity index (χ1v) is 7.46. The summed E-state index contributed by atoms with van der Waals surface area (Å²) in [4.78, 5) is 9.04.